The summed E-state index contributed by atoms with van der Waals surface area (Å²) in [6.45, 7) is 1.69. The second-order valence-corrected chi connectivity index (χ2v) is 4.98. The topological polar surface area (TPSA) is 61.4 Å². The quantitative estimate of drug-likeness (QED) is 0.670. The van der Waals surface area contributed by atoms with E-state index in [4.69, 9.17) is 5.11 Å². The fraction of sp³-hybridized carbons (Fsp3) is 0.533. The van der Waals surface area contributed by atoms with Crippen molar-refractivity contribution in [3.63, 3.8) is 0 Å². The number of rotatable bonds is 6. The molecule has 1 unspecified atom stereocenters. The van der Waals surface area contributed by atoms with Gasteiger partial charge in [-0.15, -0.1) is 0 Å². The van der Waals surface area contributed by atoms with E-state index in [9.17, 15) is 4.79 Å². The molecule has 0 fully saturated rings. The average Bonchev–Trinajstić information content (AvgIpc) is 2.46. The Hall–Kier alpha value is -1.39. The summed E-state index contributed by atoms with van der Waals surface area (Å²) in [6, 6.07) is 8.13. The van der Waals surface area contributed by atoms with E-state index in [0.717, 1.165) is 32.2 Å². The van der Waals surface area contributed by atoms with E-state index in [1.54, 1.807) is 0 Å². The molecule has 3 N–H and O–H groups in total. The predicted molar refractivity (Wildman–Crippen MR) is 74.7 cm³/mol. The van der Waals surface area contributed by atoms with Crippen molar-refractivity contribution < 1.29 is 9.90 Å². The molecule has 1 aliphatic heterocycles. The molecule has 104 valence electrons. The summed E-state index contributed by atoms with van der Waals surface area (Å²) in [6.07, 6.45) is 3.46. The molecular formula is C15H22N2O2. The molecule has 1 aromatic carbocycles. The van der Waals surface area contributed by atoms with Crippen molar-refractivity contribution in [1.29, 1.82) is 0 Å². The lowest BCUT2D eigenvalue weighted by Crippen LogP contribution is -2.47. The first-order valence-corrected chi connectivity index (χ1v) is 7.00. The van der Waals surface area contributed by atoms with Crippen LogP contribution in [0.15, 0.2) is 24.3 Å². The van der Waals surface area contributed by atoms with Crippen LogP contribution in [0.5, 0.6) is 0 Å². The maximum Gasteiger partial charge on any atom is 0.237 e. The van der Waals surface area contributed by atoms with Crippen LogP contribution in [-0.4, -0.2) is 30.2 Å². The van der Waals surface area contributed by atoms with E-state index in [2.05, 4.69) is 22.8 Å². The molecule has 4 heteroatoms. The normalized spacial score (nSPS) is 17.8. The summed E-state index contributed by atoms with van der Waals surface area (Å²) in [4.78, 5) is 12.0. The molecule has 1 aromatic rings. The van der Waals surface area contributed by atoms with Crippen LogP contribution >= 0.6 is 0 Å². The Balaban J connectivity index is 1.76. The fourth-order valence-electron chi connectivity index (χ4n) is 2.39. The van der Waals surface area contributed by atoms with Gasteiger partial charge < -0.3 is 15.7 Å². The van der Waals surface area contributed by atoms with Gasteiger partial charge >= 0.3 is 0 Å². The van der Waals surface area contributed by atoms with Crippen LogP contribution in [0.25, 0.3) is 0 Å². The number of aliphatic hydroxyl groups excluding tert-OH is 1. The zero-order valence-corrected chi connectivity index (χ0v) is 11.2. The highest BCUT2D eigenvalue weighted by atomic mass is 16.2. The van der Waals surface area contributed by atoms with Gasteiger partial charge in [-0.3, -0.25) is 4.79 Å². The molecule has 1 atom stereocenters. The Kier molecular flexibility index (Phi) is 5.36. The van der Waals surface area contributed by atoms with Crippen LogP contribution in [0.3, 0.4) is 0 Å². The lowest BCUT2D eigenvalue weighted by atomic mass is 9.95. The highest BCUT2D eigenvalue weighted by Gasteiger charge is 2.23. The van der Waals surface area contributed by atoms with Gasteiger partial charge in [-0.05, 0) is 36.8 Å². The van der Waals surface area contributed by atoms with Gasteiger partial charge in [0.05, 0.1) is 6.04 Å². The Bertz CT molecular complexity index is 420. The first kappa shape index (κ1) is 14.0. The third-order valence-electron chi connectivity index (χ3n) is 3.53. The first-order valence-electron chi connectivity index (χ1n) is 7.00. The Morgan fingerprint density at radius 2 is 2.05 bits per heavy atom. The van der Waals surface area contributed by atoms with Gasteiger partial charge in [-0.1, -0.05) is 24.3 Å². The van der Waals surface area contributed by atoms with Crippen molar-refractivity contribution >= 4 is 5.91 Å². The molecule has 4 nitrogen and oxygen atoms in total. The van der Waals surface area contributed by atoms with Crippen LogP contribution < -0.4 is 10.6 Å². The van der Waals surface area contributed by atoms with Crippen LogP contribution in [0.1, 0.15) is 30.4 Å². The van der Waals surface area contributed by atoms with Gasteiger partial charge in [0.25, 0.3) is 0 Å². The zero-order chi connectivity index (χ0) is 13.5. The predicted octanol–water partition coefficient (Wildman–Crippen LogP) is 0.980. The number of unbranched alkanes of at least 4 members (excludes halogenated alkanes) is 2. The lowest BCUT2D eigenvalue weighted by molar-refractivity contribution is -0.123. The molecule has 0 saturated heterocycles. The highest BCUT2D eigenvalue weighted by molar-refractivity contribution is 5.82. The highest BCUT2D eigenvalue weighted by Crippen LogP contribution is 2.16. The Morgan fingerprint density at radius 3 is 2.84 bits per heavy atom. The molecule has 1 aliphatic rings. The number of carbonyl (C=O) groups excluding carboxylic acids is 1. The first-order chi connectivity index (χ1) is 9.31. The minimum atomic E-state index is -0.118. The standard InChI is InChI=1S/C15H22N2O2/c18-9-5-1-4-8-16-15(19)14-10-12-6-2-3-7-13(12)11-17-14/h2-3,6-7,14,17-18H,1,4-5,8-11H2,(H,16,19). The van der Waals surface area contributed by atoms with Gasteiger partial charge in [0.15, 0.2) is 0 Å². The molecule has 1 heterocycles. The van der Waals surface area contributed by atoms with E-state index in [0.29, 0.717) is 6.54 Å². The summed E-state index contributed by atoms with van der Waals surface area (Å²) < 4.78 is 0. The van der Waals surface area contributed by atoms with Crippen LogP contribution in [0.4, 0.5) is 0 Å². The van der Waals surface area contributed by atoms with Gasteiger partial charge in [0, 0.05) is 19.7 Å². The van der Waals surface area contributed by atoms with Gasteiger partial charge in [0.2, 0.25) is 5.91 Å². The lowest BCUT2D eigenvalue weighted by Gasteiger charge is -2.25. The molecule has 19 heavy (non-hydrogen) atoms. The van der Waals surface area contributed by atoms with Gasteiger partial charge in [-0.2, -0.15) is 0 Å². The van der Waals surface area contributed by atoms with Gasteiger partial charge in [0.1, 0.15) is 0 Å². The summed E-state index contributed by atoms with van der Waals surface area (Å²) in [5.41, 5.74) is 2.55. The molecule has 0 aromatic heterocycles. The summed E-state index contributed by atoms with van der Waals surface area (Å²) in [5, 5.41) is 14.9. The molecule has 0 radical (unpaired) electrons. The Labute approximate surface area is 114 Å². The van der Waals surface area contributed by atoms with Crippen molar-refractivity contribution in [3.8, 4) is 0 Å². The van der Waals surface area contributed by atoms with Crippen molar-refractivity contribution in [2.75, 3.05) is 13.2 Å². The summed E-state index contributed by atoms with van der Waals surface area (Å²) in [5.74, 6) is 0.0819. The molecule has 0 bridgehead atoms. The number of carbonyl (C=O) groups is 1. The molecule has 1 amide bonds. The number of fused-ring (bicyclic) bond motifs is 1. The van der Waals surface area contributed by atoms with Crippen LogP contribution in [-0.2, 0) is 17.8 Å². The number of benzene rings is 1. The minimum Gasteiger partial charge on any atom is -0.396 e. The van der Waals surface area contributed by atoms with Crippen LogP contribution in [0, 0.1) is 0 Å². The van der Waals surface area contributed by atoms with Crippen molar-refractivity contribution in [3.05, 3.63) is 35.4 Å². The molecule has 0 saturated carbocycles. The third kappa shape index (κ3) is 4.04. The van der Waals surface area contributed by atoms with Crippen molar-refractivity contribution in [2.24, 2.45) is 0 Å². The van der Waals surface area contributed by atoms with Crippen molar-refractivity contribution in [2.45, 2.75) is 38.3 Å². The molecule has 0 aliphatic carbocycles. The largest absolute Gasteiger partial charge is 0.396 e. The van der Waals surface area contributed by atoms with E-state index in [1.165, 1.54) is 11.1 Å². The molecular weight excluding hydrogens is 240 g/mol. The second kappa shape index (κ2) is 7.26. The summed E-state index contributed by atoms with van der Waals surface area (Å²) in [7, 11) is 0. The number of amides is 1. The number of hydrogen-bond donors (Lipinski definition) is 3. The Morgan fingerprint density at radius 1 is 1.26 bits per heavy atom. The van der Waals surface area contributed by atoms with E-state index in [-0.39, 0.29) is 18.6 Å². The molecule has 2 rings (SSSR count). The maximum absolute atomic E-state index is 12.0. The minimum absolute atomic E-state index is 0.0819. The zero-order valence-electron chi connectivity index (χ0n) is 11.2. The van der Waals surface area contributed by atoms with E-state index >= 15 is 0 Å². The monoisotopic (exact) mass is 262 g/mol. The average molecular weight is 262 g/mol. The fourth-order valence-corrected chi connectivity index (χ4v) is 2.39. The van der Waals surface area contributed by atoms with Crippen molar-refractivity contribution in [1.82, 2.24) is 10.6 Å². The van der Waals surface area contributed by atoms with E-state index < -0.39 is 0 Å². The number of hydrogen-bond acceptors (Lipinski definition) is 3. The number of aliphatic hydroxyl groups is 1. The smallest absolute Gasteiger partial charge is 0.237 e. The number of nitrogens with one attached hydrogen (secondary N) is 2. The van der Waals surface area contributed by atoms with Crippen LogP contribution in [0.2, 0.25) is 0 Å². The summed E-state index contributed by atoms with van der Waals surface area (Å²) >= 11 is 0. The second-order valence-electron chi connectivity index (χ2n) is 4.98. The van der Waals surface area contributed by atoms with Gasteiger partial charge in [-0.25, -0.2) is 0 Å². The maximum atomic E-state index is 12.0. The third-order valence-corrected chi connectivity index (χ3v) is 3.53. The SMILES string of the molecule is O=C(NCCCCCO)C1Cc2ccccc2CN1. The molecule has 0 spiro atoms. The van der Waals surface area contributed by atoms with E-state index in [1.807, 2.05) is 12.1 Å².